The maximum atomic E-state index is 12.6. The van der Waals surface area contributed by atoms with E-state index in [0.29, 0.717) is 11.7 Å². The largest absolute Gasteiger partial charge is 0.409 e. The third kappa shape index (κ3) is 3.01. The SMILES string of the molecule is CC1(C(=O)N2CCC(C(N)=NO)CC2)CCCCC1. The van der Waals surface area contributed by atoms with Gasteiger partial charge in [-0.3, -0.25) is 4.79 Å². The number of piperidine rings is 1. The van der Waals surface area contributed by atoms with Gasteiger partial charge in [0.25, 0.3) is 0 Å². The summed E-state index contributed by atoms with van der Waals surface area (Å²) in [4.78, 5) is 14.6. The summed E-state index contributed by atoms with van der Waals surface area (Å²) < 4.78 is 0. The molecule has 1 saturated carbocycles. The van der Waals surface area contributed by atoms with Crippen molar-refractivity contribution in [1.29, 1.82) is 0 Å². The van der Waals surface area contributed by atoms with Gasteiger partial charge >= 0.3 is 0 Å². The number of oxime groups is 1. The summed E-state index contributed by atoms with van der Waals surface area (Å²) in [6.45, 7) is 3.58. The van der Waals surface area contributed by atoms with E-state index in [1.54, 1.807) is 0 Å². The topological polar surface area (TPSA) is 78.9 Å². The lowest BCUT2D eigenvalue weighted by atomic mass is 9.74. The molecule has 0 aromatic carbocycles. The molecule has 0 radical (unpaired) electrons. The van der Waals surface area contributed by atoms with Gasteiger partial charge in [-0.15, -0.1) is 0 Å². The first kappa shape index (κ1) is 14.2. The Balaban J connectivity index is 1.92. The number of carbonyl (C=O) groups is 1. The molecule has 108 valence electrons. The predicted octanol–water partition coefficient (Wildman–Crippen LogP) is 1.94. The van der Waals surface area contributed by atoms with Crippen LogP contribution in [0.15, 0.2) is 5.16 Å². The summed E-state index contributed by atoms with van der Waals surface area (Å²) in [5.74, 6) is 0.731. The molecule has 1 amide bonds. The van der Waals surface area contributed by atoms with Crippen molar-refractivity contribution >= 4 is 11.7 Å². The van der Waals surface area contributed by atoms with E-state index in [9.17, 15) is 4.79 Å². The predicted molar refractivity (Wildman–Crippen MR) is 73.9 cm³/mol. The first-order chi connectivity index (χ1) is 9.07. The lowest BCUT2D eigenvalue weighted by Gasteiger charge is -2.40. The zero-order valence-corrected chi connectivity index (χ0v) is 11.8. The minimum atomic E-state index is -0.151. The van der Waals surface area contributed by atoms with Gasteiger partial charge in [-0.05, 0) is 25.7 Å². The molecule has 0 spiro atoms. The molecule has 0 aromatic heterocycles. The first-order valence-corrected chi connectivity index (χ1v) is 7.33. The Bertz CT molecular complexity index is 354. The number of rotatable bonds is 2. The highest BCUT2D eigenvalue weighted by Gasteiger charge is 2.38. The van der Waals surface area contributed by atoms with E-state index in [1.165, 1.54) is 19.3 Å². The zero-order chi connectivity index (χ0) is 13.9. The van der Waals surface area contributed by atoms with Crippen molar-refractivity contribution in [2.45, 2.75) is 51.9 Å². The molecule has 19 heavy (non-hydrogen) atoms. The standard InChI is InChI=1S/C14H25N3O2/c1-14(7-3-2-4-8-14)13(18)17-9-5-11(6-10-17)12(15)16-19/h11,19H,2-10H2,1H3,(H2,15,16). The number of amides is 1. The van der Waals surface area contributed by atoms with E-state index in [4.69, 9.17) is 10.9 Å². The van der Waals surface area contributed by atoms with Crippen molar-refractivity contribution in [3.63, 3.8) is 0 Å². The number of amidine groups is 1. The van der Waals surface area contributed by atoms with E-state index in [2.05, 4.69) is 12.1 Å². The number of likely N-dealkylation sites (tertiary alicyclic amines) is 1. The molecule has 2 fully saturated rings. The summed E-state index contributed by atoms with van der Waals surface area (Å²) in [6.07, 6.45) is 7.24. The molecule has 2 aliphatic rings. The third-order valence-corrected chi connectivity index (χ3v) is 4.79. The number of hydrogen-bond acceptors (Lipinski definition) is 3. The molecule has 5 heteroatoms. The van der Waals surface area contributed by atoms with Crippen molar-refractivity contribution in [3.8, 4) is 0 Å². The second kappa shape index (κ2) is 5.80. The monoisotopic (exact) mass is 267 g/mol. The maximum Gasteiger partial charge on any atom is 0.228 e. The van der Waals surface area contributed by atoms with Crippen LogP contribution in [0, 0.1) is 11.3 Å². The minimum absolute atomic E-state index is 0.119. The molecule has 0 atom stereocenters. The van der Waals surface area contributed by atoms with Crippen LogP contribution >= 0.6 is 0 Å². The quantitative estimate of drug-likeness (QED) is 0.347. The highest BCUT2D eigenvalue weighted by Crippen LogP contribution is 2.38. The molecule has 1 saturated heterocycles. The van der Waals surface area contributed by atoms with Gasteiger partial charge in [-0.1, -0.05) is 31.3 Å². The third-order valence-electron chi connectivity index (χ3n) is 4.79. The molecule has 5 nitrogen and oxygen atoms in total. The molecule has 1 aliphatic heterocycles. The van der Waals surface area contributed by atoms with Gasteiger partial charge in [0.15, 0.2) is 0 Å². The van der Waals surface area contributed by atoms with Crippen LogP contribution in [0.1, 0.15) is 51.9 Å². The van der Waals surface area contributed by atoms with E-state index >= 15 is 0 Å². The summed E-state index contributed by atoms with van der Waals surface area (Å²) in [5.41, 5.74) is 5.48. The van der Waals surface area contributed by atoms with Crippen LogP contribution in [-0.2, 0) is 4.79 Å². The summed E-state index contributed by atoms with van der Waals surface area (Å²) >= 11 is 0. The van der Waals surface area contributed by atoms with E-state index in [1.807, 2.05) is 4.90 Å². The lowest BCUT2D eigenvalue weighted by Crippen LogP contribution is -2.48. The summed E-state index contributed by atoms with van der Waals surface area (Å²) in [7, 11) is 0. The Morgan fingerprint density at radius 1 is 1.26 bits per heavy atom. The molecule has 0 aromatic rings. The highest BCUT2D eigenvalue weighted by atomic mass is 16.4. The van der Waals surface area contributed by atoms with Gasteiger partial charge < -0.3 is 15.8 Å². The van der Waals surface area contributed by atoms with Crippen molar-refractivity contribution in [1.82, 2.24) is 4.90 Å². The molecular weight excluding hydrogens is 242 g/mol. The summed E-state index contributed by atoms with van der Waals surface area (Å²) in [6, 6.07) is 0. The number of carbonyl (C=O) groups excluding carboxylic acids is 1. The number of hydrogen-bond donors (Lipinski definition) is 2. The molecule has 2 rings (SSSR count). The minimum Gasteiger partial charge on any atom is -0.409 e. The van der Waals surface area contributed by atoms with E-state index in [0.717, 1.165) is 38.8 Å². The van der Waals surface area contributed by atoms with Crippen LogP contribution < -0.4 is 5.73 Å². The fourth-order valence-corrected chi connectivity index (χ4v) is 3.39. The van der Waals surface area contributed by atoms with Crippen molar-refractivity contribution in [2.75, 3.05) is 13.1 Å². The normalized spacial score (nSPS) is 25.3. The zero-order valence-electron chi connectivity index (χ0n) is 11.8. The molecule has 3 N–H and O–H groups in total. The first-order valence-electron chi connectivity index (χ1n) is 7.33. The van der Waals surface area contributed by atoms with E-state index in [-0.39, 0.29) is 11.3 Å². The van der Waals surface area contributed by atoms with Crippen LogP contribution in [0.25, 0.3) is 0 Å². The van der Waals surface area contributed by atoms with Gasteiger partial charge in [0.2, 0.25) is 5.91 Å². The van der Waals surface area contributed by atoms with Crippen molar-refractivity contribution in [2.24, 2.45) is 22.2 Å². The Kier molecular flexibility index (Phi) is 4.32. The van der Waals surface area contributed by atoms with Crippen LogP contribution in [0.4, 0.5) is 0 Å². The molecule has 1 heterocycles. The van der Waals surface area contributed by atoms with Crippen LogP contribution in [0.5, 0.6) is 0 Å². The Hall–Kier alpha value is -1.26. The van der Waals surface area contributed by atoms with Gasteiger partial charge in [0.1, 0.15) is 5.84 Å². The molecule has 0 bridgehead atoms. The molecule has 0 unspecified atom stereocenters. The number of nitrogens with two attached hydrogens (primary N) is 1. The Morgan fingerprint density at radius 3 is 2.37 bits per heavy atom. The fourth-order valence-electron chi connectivity index (χ4n) is 3.39. The Morgan fingerprint density at radius 2 is 1.84 bits per heavy atom. The van der Waals surface area contributed by atoms with Crippen LogP contribution in [0.3, 0.4) is 0 Å². The Labute approximate surface area is 114 Å². The molecular formula is C14H25N3O2. The van der Waals surface area contributed by atoms with Gasteiger partial charge in [-0.2, -0.15) is 0 Å². The lowest BCUT2D eigenvalue weighted by molar-refractivity contribution is -0.144. The average molecular weight is 267 g/mol. The maximum absolute atomic E-state index is 12.6. The average Bonchev–Trinajstić information content (AvgIpc) is 2.46. The van der Waals surface area contributed by atoms with Gasteiger partial charge in [0.05, 0.1) is 0 Å². The van der Waals surface area contributed by atoms with E-state index < -0.39 is 0 Å². The van der Waals surface area contributed by atoms with Crippen LogP contribution in [0.2, 0.25) is 0 Å². The second-order valence-electron chi connectivity index (χ2n) is 6.21. The van der Waals surface area contributed by atoms with Gasteiger partial charge in [0, 0.05) is 24.4 Å². The van der Waals surface area contributed by atoms with Crippen molar-refractivity contribution in [3.05, 3.63) is 0 Å². The fraction of sp³-hybridized carbons (Fsp3) is 0.857. The summed E-state index contributed by atoms with van der Waals surface area (Å²) in [5, 5.41) is 11.8. The molecule has 1 aliphatic carbocycles. The van der Waals surface area contributed by atoms with Gasteiger partial charge in [-0.25, -0.2) is 0 Å². The number of nitrogens with zero attached hydrogens (tertiary/aromatic N) is 2. The highest BCUT2D eigenvalue weighted by molar-refractivity contribution is 5.84. The smallest absolute Gasteiger partial charge is 0.228 e. The van der Waals surface area contributed by atoms with Crippen molar-refractivity contribution < 1.29 is 10.0 Å². The van der Waals surface area contributed by atoms with Crippen LogP contribution in [-0.4, -0.2) is 34.9 Å². The second-order valence-corrected chi connectivity index (χ2v) is 6.21.